The molecule has 20 heavy (non-hydrogen) atoms. The van der Waals surface area contributed by atoms with E-state index in [0.717, 1.165) is 0 Å². The molecule has 0 radical (unpaired) electrons. The Labute approximate surface area is 114 Å². The molecule has 0 fully saturated rings. The van der Waals surface area contributed by atoms with Gasteiger partial charge < -0.3 is 15.7 Å². The number of carbonyl (C=O) groups is 2. The SMILES string of the molecule is CC(C)C(NC(=O)Nc1cccc([N+](=O)[O-])c1)C(=O)O. The Morgan fingerprint density at radius 1 is 1.35 bits per heavy atom. The molecule has 8 heteroatoms. The summed E-state index contributed by atoms with van der Waals surface area (Å²) >= 11 is 0. The van der Waals surface area contributed by atoms with Crippen LogP contribution in [0, 0.1) is 16.0 Å². The minimum Gasteiger partial charge on any atom is -0.480 e. The number of benzene rings is 1. The average Bonchev–Trinajstić information content (AvgIpc) is 2.35. The Kier molecular flexibility index (Phi) is 5.01. The van der Waals surface area contributed by atoms with E-state index in [0.29, 0.717) is 0 Å². The second kappa shape index (κ2) is 6.50. The van der Waals surface area contributed by atoms with Crippen LogP contribution in [0.1, 0.15) is 13.8 Å². The van der Waals surface area contributed by atoms with Gasteiger partial charge in [0.25, 0.3) is 5.69 Å². The number of hydrogen-bond acceptors (Lipinski definition) is 4. The third kappa shape index (κ3) is 4.23. The first-order chi connectivity index (χ1) is 9.31. The molecule has 0 aliphatic carbocycles. The van der Waals surface area contributed by atoms with Crippen LogP contribution in [0.2, 0.25) is 0 Å². The fraction of sp³-hybridized carbons (Fsp3) is 0.333. The molecule has 0 spiro atoms. The third-order valence-electron chi connectivity index (χ3n) is 2.53. The molecular weight excluding hydrogens is 266 g/mol. The molecule has 1 aromatic rings. The summed E-state index contributed by atoms with van der Waals surface area (Å²) in [6.07, 6.45) is 0. The molecule has 1 unspecified atom stereocenters. The number of nitrogens with zero attached hydrogens (tertiary/aromatic N) is 1. The first kappa shape index (κ1) is 15.4. The predicted molar refractivity (Wildman–Crippen MR) is 71.5 cm³/mol. The Morgan fingerprint density at radius 3 is 2.50 bits per heavy atom. The topological polar surface area (TPSA) is 122 Å². The summed E-state index contributed by atoms with van der Waals surface area (Å²) in [6.45, 7) is 3.32. The number of nitrogens with one attached hydrogen (secondary N) is 2. The number of carboxylic acid groups (broad SMARTS) is 1. The van der Waals surface area contributed by atoms with Crippen LogP contribution in [0.15, 0.2) is 24.3 Å². The van der Waals surface area contributed by atoms with Crippen LogP contribution in [-0.4, -0.2) is 28.1 Å². The summed E-state index contributed by atoms with van der Waals surface area (Å²) < 4.78 is 0. The lowest BCUT2D eigenvalue weighted by molar-refractivity contribution is -0.384. The van der Waals surface area contributed by atoms with Crippen molar-refractivity contribution in [2.75, 3.05) is 5.32 Å². The van der Waals surface area contributed by atoms with Gasteiger partial charge >= 0.3 is 12.0 Å². The van der Waals surface area contributed by atoms with Gasteiger partial charge in [-0.25, -0.2) is 9.59 Å². The number of aliphatic carboxylic acids is 1. The van der Waals surface area contributed by atoms with Crippen LogP contribution in [0.25, 0.3) is 0 Å². The number of hydrogen-bond donors (Lipinski definition) is 3. The highest BCUT2D eigenvalue weighted by atomic mass is 16.6. The molecule has 0 heterocycles. The monoisotopic (exact) mass is 281 g/mol. The van der Waals surface area contributed by atoms with Crippen LogP contribution < -0.4 is 10.6 Å². The van der Waals surface area contributed by atoms with Crippen molar-refractivity contribution in [3.63, 3.8) is 0 Å². The highest BCUT2D eigenvalue weighted by Gasteiger charge is 2.23. The predicted octanol–water partition coefficient (Wildman–Crippen LogP) is 1.83. The van der Waals surface area contributed by atoms with E-state index >= 15 is 0 Å². The zero-order valence-electron chi connectivity index (χ0n) is 11.0. The Hall–Kier alpha value is -2.64. The van der Waals surface area contributed by atoms with Crippen LogP contribution >= 0.6 is 0 Å². The van der Waals surface area contributed by atoms with E-state index in [9.17, 15) is 19.7 Å². The maximum atomic E-state index is 11.7. The molecule has 0 aromatic heterocycles. The molecule has 1 atom stereocenters. The van der Waals surface area contributed by atoms with Gasteiger partial charge in [0.15, 0.2) is 0 Å². The average molecular weight is 281 g/mol. The van der Waals surface area contributed by atoms with Gasteiger partial charge in [0.05, 0.1) is 4.92 Å². The van der Waals surface area contributed by atoms with E-state index < -0.39 is 23.0 Å². The van der Waals surface area contributed by atoms with Crippen molar-refractivity contribution in [3.05, 3.63) is 34.4 Å². The van der Waals surface area contributed by atoms with Crippen LogP contribution in [0.5, 0.6) is 0 Å². The fourth-order valence-corrected chi connectivity index (χ4v) is 1.52. The minimum atomic E-state index is -1.14. The normalized spacial score (nSPS) is 11.8. The van der Waals surface area contributed by atoms with E-state index in [-0.39, 0.29) is 17.3 Å². The van der Waals surface area contributed by atoms with Gasteiger partial charge in [-0.3, -0.25) is 10.1 Å². The molecule has 1 rings (SSSR count). The molecule has 8 nitrogen and oxygen atoms in total. The quantitative estimate of drug-likeness (QED) is 0.561. The van der Waals surface area contributed by atoms with Gasteiger partial charge in [0, 0.05) is 17.8 Å². The first-order valence-corrected chi connectivity index (χ1v) is 5.86. The van der Waals surface area contributed by atoms with E-state index in [1.807, 2.05) is 0 Å². The smallest absolute Gasteiger partial charge is 0.326 e. The highest BCUT2D eigenvalue weighted by molar-refractivity contribution is 5.92. The lowest BCUT2D eigenvalue weighted by atomic mass is 10.1. The summed E-state index contributed by atoms with van der Waals surface area (Å²) in [5.41, 5.74) is 0.0473. The molecule has 1 aromatic carbocycles. The second-order valence-electron chi connectivity index (χ2n) is 4.47. The first-order valence-electron chi connectivity index (χ1n) is 5.86. The highest BCUT2D eigenvalue weighted by Crippen LogP contribution is 2.16. The molecule has 0 saturated carbocycles. The number of anilines is 1. The van der Waals surface area contributed by atoms with Crippen LogP contribution in [0.3, 0.4) is 0 Å². The van der Waals surface area contributed by atoms with E-state index in [1.165, 1.54) is 24.3 Å². The lowest BCUT2D eigenvalue weighted by Crippen LogP contribution is -2.46. The third-order valence-corrected chi connectivity index (χ3v) is 2.53. The molecule has 0 bridgehead atoms. The van der Waals surface area contributed by atoms with Gasteiger partial charge in [-0.05, 0) is 12.0 Å². The molecular formula is C12H15N3O5. The van der Waals surface area contributed by atoms with Crippen molar-refractivity contribution in [3.8, 4) is 0 Å². The molecule has 0 aliphatic heterocycles. The number of carboxylic acids is 1. The zero-order chi connectivity index (χ0) is 15.3. The Balaban J connectivity index is 2.73. The molecule has 3 N–H and O–H groups in total. The summed E-state index contributed by atoms with van der Waals surface area (Å²) in [6, 6.07) is 3.60. The van der Waals surface area contributed by atoms with Crippen molar-refractivity contribution < 1.29 is 19.6 Å². The Morgan fingerprint density at radius 2 is 2.00 bits per heavy atom. The van der Waals surface area contributed by atoms with Gasteiger partial charge in [-0.2, -0.15) is 0 Å². The lowest BCUT2D eigenvalue weighted by Gasteiger charge is -2.18. The van der Waals surface area contributed by atoms with E-state index in [4.69, 9.17) is 5.11 Å². The van der Waals surface area contributed by atoms with E-state index in [1.54, 1.807) is 13.8 Å². The fourth-order valence-electron chi connectivity index (χ4n) is 1.52. The molecule has 0 aliphatic rings. The maximum Gasteiger partial charge on any atom is 0.326 e. The van der Waals surface area contributed by atoms with Crippen molar-refractivity contribution in [1.82, 2.24) is 5.32 Å². The van der Waals surface area contributed by atoms with E-state index in [2.05, 4.69) is 10.6 Å². The summed E-state index contributed by atoms with van der Waals surface area (Å²) in [7, 11) is 0. The summed E-state index contributed by atoms with van der Waals surface area (Å²) in [5.74, 6) is -1.43. The van der Waals surface area contributed by atoms with Gasteiger partial charge in [-0.15, -0.1) is 0 Å². The van der Waals surface area contributed by atoms with Crippen molar-refractivity contribution in [2.24, 2.45) is 5.92 Å². The minimum absolute atomic E-state index is 0.165. The number of carbonyl (C=O) groups excluding carboxylic acids is 1. The largest absolute Gasteiger partial charge is 0.480 e. The van der Waals surface area contributed by atoms with Crippen molar-refractivity contribution >= 4 is 23.4 Å². The number of non-ortho nitro benzene ring substituents is 1. The van der Waals surface area contributed by atoms with Crippen LogP contribution in [-0.2, 0) is 4.79 Å². The molecule has 0 saturated heterocycles. The standard InChI is InChI=1S/C12H15N3O5/c1-7(2)10(11(16)17)14-12(18)13-8-4-3-5-9(6-8)15(19)20/h3-7,10H,1-2H3,(H,16,17)(H2,13,14,18). The summed E-state index contributed by atoms with van der Waals surface area (Å²) in [4.78, 5) is 32.6. The van der Waals surface area contributed by atoms with Crippen LogP contribution in [0.4, 0.5) is 16.2 Å². The Bertz CT molecular complexity index is 530. The van der Waals surface area contributed by atoms with Crippen molar-refractivity contribution in [2.45, 2.75) is 19.9 Å². The number of nitro benzene ring substituents is 1. The van der Waals surface area contributed by atoms with Crippen molar-refractivity contribution in [1.29, 1.82) is 0 Å². The maximum absolute atomic E-state index is 11.7. The van der Waals surface area contributed by atoms with Gasteiger partial charge in [0.2, 0.25) is 0 Å². The molecule has 108 valence electrons. The number of rotatable bonds is 5. The zero-order valence-corrected chi connectivity index (χ0v) is 11.0. The number of amides is 2. The number of nitro groups is 1. The summed E-state index contributed by atoms with van der Waals surface area (Å²) in [5, 5.41) is 24.2. The molecule has 2 amide bonds. The van der Waals surface area contributed by atoms with Gasteiger partial charge in [0.1, 0.15) is 6.04 Å². The second-order valence-corrected chi connectivity index (χ2v) is 4.47. The van der Waals surface area contributed by atoms with Gasteiger partial charge in [-0.1, -0.05) is 19.9 Å². The number of urea groups is 1.